The van der Waals surface area contributed by atoms with Crippen LogP contribution >= 0.6 is 0 Å². The summed E-state index contributed by atoms with van der Waals surface area (Å²) in [6.45, 7) is 3.45. The molecular formula is C18H22N4O4. The number of aromatic nitrogens is 1. The van der Waals surface area contributed by atoms with E-state index < -0.39 is 17.6 Å². The number of H-pyrrole nitrogens is 1. The highest BCUT2D eigenvalue weighted by atomic mass is 16.4. The van der Waals surface area contributed by atoms with Crippen molar-refractivity contribution < 1.29 is 14.7 Å². The Morgan fingerprint density at radius 2 is 2.04 bits per heavy atom. The number of carboxylic acid groups (broad SMARTS) is 1. The van der Waals surface area contributed by atoms with Crippen LogP contribution < -0.4 is 5.56 Å². The highest BCUT2D eigenvalue weighted by molar-refractivity contribution is 5.95. The predicted molar refractivity (Wildman–Crippen MR) is 92.8 cm³/mol. The van der Waals surface area contributed by atoms with Gasteiger partial charge in [-0.2, -0.15) is 5.26 Å². The monoisotopic (exact) mass is 358 g/mol. The minimum absolute atomic E-state index is 0.0630. The number of piperidine rings is 1. The zero-order chi connectivity index (χ0) is 19.1. The minimum atomic E-state index is -0.796. The van der Waals surface area contributed by atoms with Crippen LogP contribution in [0.5, 0.6) is 0 Å². The molecule has 0 unspecified atom stereocenters. The first kappa shape index (κ1) is 18.1. The van der Waals surface area contributed by atoms with E-state index in [1.807, 2.05) is 11.9 Å². The maximum Gasteiger partial charge on any atom is 0.320 e. The van der Waals surface area contributed by atoms with E-state index in [0.29, 0.717) is 30.8 Å². The smallest absolute Gasteiger partial charge is 0.320 e. The van der Waals surface area contributed by atoms with Crippen LogP contribution in [-0.2, 0) is 4.79 Å². The van der Waals surface area contributed by atoms with Crippen LogP contribution in [0.1, 0.15) is 40.9 Å². The van der Waals surface area contributed by atoms with Crippen LogP contribution in [-0.4, -0.2) is 64.5 Å². The zero-order valence-electron chi connectivity index (χ0n) is 14.9. The average Bonchev–Trinajstić information content (AvgIpc) is 2.91. The van der Waals surface area contributed by atoms with Crippen LogP contribution in [0.3, 0.4) is 0 Å². The molecule has 8 heteroatoms. The average molecular weight is 358 g/mol. The summed E-state index contributed by atoms with van der Waals surface area (Å²) in [6.07, 6.45) is 2.11. The second-order valence-corrected chi connectivity index (χ2v) is 7.43. The number of nitriles is 1. The highest BCUT2D eigenvalue weighted by Gasteiger charge is 2.47. The van der Waals surface area contributed by atoms with Crippen molar-refractivity contribution in [2.45, 2.75) is 32.2 Å². The summed E-state index contributed by atoms with van der Waals surface area (Å²) in [7, 11) is 1.83. The van der Waals surface area contributed by atoms with Gasteiger partial charge in [-0.25, -0.2) is 0 Å². The number of carbonyl (C=O) groups is 2. The van der Waals surface area contributed by atoms with Crippen LogP contribution in [0.15, 0.2) is 10.9 Å². The van der Waals surface area contributed by atoms with Crippen LogP contribution in [0.2, 0.25) is 0 Å². The van der Waals surface area contributed by atoms with E-state index >= 15 is 0 Å². The molecule has 138 valence electrons. The number of nitrogens with zero attached hydrogens (tertiary/aromatic N) is 3. The second kappa shape index (κ2) is 6.57. The van der Waals surface area contributed by atoms with E-state index in [0.717, 1.165) is 19.4 Å². The molecule has 1 atom stereocenters. The van der Waals surface area contributed by atoms with Crippen LogP contribution in [0.4, 0.5) is 0 Å². The lowest BCUT2D eigenvalue weighted by atomic mass is 9.76. The SMILES string of the molecule is Cc1[nH]c(=O)c(C#N)cc1C(=O)N1CCC2(CC1)C[C@H](C(=O)O)N(C)C2. The maximum atomic E-state index is 12.8. The molecule has 1 amide bonds. The number of aliphatic carboxylic acids is 1. The predicted octanol–water partition coefficient (Wildman–Crippen LogP) is 0.566. The number of aromatic amines is 1. The lowest BCUT2D eigenvalue weighted by molar-refractivity contribution is -0.141. The molecule has 2 aliphatic heterocycles. The fourth-order valence-electron chi connectivity index (χ4n) is 4.19. The number of amides is 1. The first-order valence-corrected chi connectivity index (χ1v) is 8.63. The largest absolute Gasteiger partial charge is 0.480 e. The molecule has 26 heavy (non-hydrogen) atoms. The first-order chi connectivity index (χ1) is 12.3. The van der Waals surface area contributed by atoms with Gasteiger partial charge in [0, 0.05) is 25.3 Å². The fraction of sp³-hybridized carbons (Fsp3) is 0.556. The van der Waals surface area contributed by atoms with Gasteiger partial charge in [0.05, 0.1) is 5.56 Å². The number of likely N-dealkylation sites (N-methyl/N-ethyl adjacent to an activating group) is 1. The lowest BCUT2D eigenvalue weighted by Crippen LogP contribution is -2.44. The Labute approximate surface area is 151 Å². The van der Waals surface area contributed by atoms with Crippen molar-refractivity contribution in [2.24, 2.45) is 5.41 Å². The Balaban J connectivity index is 1.73. The second-order valence-electron chi connectivity index (χ2n) is 7.43. The van der Waals surface area contributed by atoms with E-state index in [1.54, 1.807) is 17.9 Å². The number of hydrogen-bond donors (Lipinski definition) is 2. The van der Waals surface area contributed by atoms with Crippen molar-refractivity contribution in [1.29, 1.82) is 5.26 Å². The lowest BCUT2D eigenvalue weighted by Gasteiger charge is -2.39. The Hall–Kier alpha value is -2.66. The number of carboxylic acids is 1. The first-order valence-electron chi connectivity index (χ1n) is 8.63. The van der Waals surface area contributed by atoms with Gasteiger partial charge >= 0.3 is 5.97 Å². The molecule has 0 aromatic carbocycles. The van der Waals surface area contributed by atoms with E-state index in [1.165, 1.54) is 6.07 Å². The quantitative estimate of drug-likeness (QED) is 0.798. The number of rotatable bonds is 2. The Bertz CT molecular complexity index is 846. The van der Waals surface area contributed by atoms with Gasteiger partial charge in [0.15, 0.2) is 0 Å². The number of pyridine rings is 1. The third-order valence-electron chi connectivity index (χ3n) is 5.73. The van der Waals surface area contributed by atoms with Gasteiger partial charge in [0.2, 0.25) is 0 Å². The van der Waals surface area contributed by atoms with Crippen molar-refractivity contribution in [3.63, 3.8) is 0 Å². The Kier molecular flexibility index (Phi) is 4.59. The molecule has 8 nitrogen and oxygen atoms in total. The number of aryl methyl sites for hydroxylation is 1. The molecule has 2 N–H and O–H groups in total. The van der Waals surface area contributed by atoms with Gasteiger partial charge in [-0.3, -0.25) is 19.3 Å². The molecule has 3 rings (SSSR count). The van der Waals surface area contributed by atoms with Crippen molar-refractivity contribution in [1.82, 2.24) is 14.8 Å². The molecule has 2 fully saturated rings. The number of carbonyl (C=O) groups excluding carboxylic acids is 1. The summed E-state index contributed by atoms with van der Waals surface area (Å²) in [5, 5.41) is 18.3. The third kappa shape index (κ3) is 3.10. The number of hydrogen-bond acceptors (Lipinski definition) is 5. The molecule has 1 aromatic heterocycles. The number of likely N-dealkylation sites (tertiary alicyclic amines) is 2. The molecule has 2 saturated heterocycles. The molecule has 1 spiro atoms. The van der Waals surface area contributed by atoms with Gasteiger partial charge < -0.3 is 15.0 Å². The molecular weight excluding hydrogens is 336 g/mol. The summed E-state index contributed by atoms with van der Waals surface area (Å²) >= 11 is 0. The summed E-state index contributed by atoms with van der Waals surface area (Å²) < 4.78 is 0. The van der Waals surface area contributed by atoms with Gasteiger partial charge in [-0.15, -0.1) is 0 Å². The molecule has 0 radical (unpaired) electrons. The topological polar surface area (TPSA) is 118 Å². The summed E-state index contributed by atoms with van der Waals surface area (Å²) in [5.41, 5.74) is 0.156. The summed E-state index contributed by atoms with van der Waals surface area (Å²) in [6, 6.07) is 2.70. The van der Waals surface area contributed by atoms with Crippen molar-refractivity contribution >= 4 is 11.9 Å². The van der Waals surface area contributed by atoms with Crippen LogP contribution in [0.25, 0.3) is 0 Å². The van der Waals surface area contributed by atoms with Gasteiger partial charge in [0.25, 0.3) is 11.5 Å². The molecule has 2 aliphatic rings. The van der Waals surface area contributed by atoms with E-state index in [4.69, 9.17) is 5.26 Å². The van der Waals surface area contributed by atoms with Crippen LogP contribution in [0, 0.1) is 23.7 Å². The third-order valence-corrected chi connectivity index (χ3v) is 5.73. The van der Waals surface area contributed by atoms with Gasteiger partial charge in [-0.05, 0) is 44.7 Å². The Morgan fingerprint density at radius 3 is 2.58 bits per heavy atom. The Morgan fingerprint density at radius 1 is 1.38 bits per heavy atom. The van der Waals surface area contributed by atoms with E-state index in [-0.39, 0.29) is 16.9 Å². The standard InChI is InChI=1S/C18H22N4O4/c1-11-13(7-12(9-19)15(23)20-11)16(24)22-5-3-18(4-6-22)8-14(17(25)26)21(2)10-18/h7,14H,3-6,8,10H2,1-2H3,(H,20,23)(H,25,26)/t14-/m1/s1. The number of nitrogens with one attached hydrogen (secondary N) is 1. The van der Waals surface area contributed by atoms with Crippen molar-refractivity contribution in [2.75, 3.05) is 26.7 Å². The fourth-order valence-corrected chi connectivity index (χ4v) is 4.19. The molecule has 0 aliphatic carbocycles. The molecule has 0 saturated carbocycles. The molecule has 0 bridgehead atoms. The van der Waals surface area contributed by atoms with Crippen molar-refractivity contribution in [3.8, 4) is 6.07 Å². The van der Waals surface area contributed by atoms with Gasteiger partial charge in [-0.1, -0.05) is 0 Å². The van der Waals surface area contributed by atoms with E-state index in [2.05, 4.69) is 4.98 Å². The maximum absolute atomic E-state index is 12.8. The normalized spacial score (nSPS) is 22.3. The minimum Gasteiger partial charge on any atom is -0.480 e. The van der Waals surface area contributed by atoms with E-state index in [9.17, 15) is 19.5 Å². The molecule has 1 aromatic rings. The van der Waals surface area contributed by atoms with Crippen molar-refractivity contribution in [3.05, 3.63) is 33.2 Å². The van der Waals surface area contributed by atoms with Gasteiger partial charge in [0.1, 0.15) is 17.7 Å². The summed E-state index contributed by atoms with van der Waals surface area (Å²) in [5.74, 6) is -0.998. The highest BCUT2D eigenvalue weighted by Crippen LogP contribution is 2.43. The zero-order valence-corrected chi connectivity index (χ0v) is 14.9. The molecule has 3 heterocycles. The summed E-state index contributed by atoms with van der Waals surface area (Å²) in [4.78, 5) is 42.0.